The molecule has 1 N–H and O–H groups in total. The number of amides is 2. The summed E-state index contributed by atoms with van der Waals surface area (Å²) in [7, 11) is 0. The first-order valence-electron chi connectivity index (χ1n) is 6.87. The first kappa shape index (κ1) is 12.7. The van der Waals surface area contributed by atoms with Gasteiger partial charge in [-0.1, -0.05) is 17.7 Å². The van der Waals surface area contributed by atoms with E-state index in [0.717, 1.165) is 11.3 Å². The van der Waals surface area contributed by atoms with Crippen LogP contribution in [0, 0.1) is 13.8 Å². The summed E-state index contributed by atoms with van der Waals surface area (Å²) in [4.78, 5) is 28.1. The highest BCUT2D eigenvalue weighted by Crippen LogP contribution is 2.28. The van der Waals surface area contributed by atoms with Crippen LogP contribution < -0.4 is 5.32 Å². The quantitative estimate of drug-likeness (QED) is 0.695. The van der Waals surface area contributed by atoms with E-state index >= 15 is 0 Å². The van der Waals surface area contributed by atoms with Crippen LogP contribution in [0.25, 0.3) is 16.7 Å². The monoisotopic (exact) mass is 292 g/mol. The summed E-state index contributed by atoms with van der Waals surface area (Å²) in [6.45, 7) is 3.82. The fraction of sp³-hybridized carbons (Fsp3) is 0.125. The summed E-state index contributed by atoms with van der Waals surface area (Å²) in [5.74, 6) is -0.796. The predicted octanol–water partition coefficient (Wildman–Crippen LogP) is 1.92. The fourth-order valence-corrected chi connectivity index (χ4v) is 2.76. The van der Waals surface area contributed by atoms with Crippen molar-refractivity contribution in [1.82, 2.24) is 20.1 Å². The second-order valence-corrected chi connectivity index (χ2v) is 5.36. The molecule has 1 aliphatic heterocycles. The van der Waals surface area contributed by atoms with Gasteiger partial charge in [0.15, 0.2) is 5.65 Å². The third-order valence-corrected chi connectivity index (χ3v) is 3.85. The summed E-state index contributed by atoms with van der Waals surface area (Å²) in [6.07, 6.45) is 1.43. The zero-order valence-corrected chi connectivity index (χ0v) is 12.0. The number of hydrogen-bond donors (Lipinski definition) is 1. The lowest BCUT2D eigenvalue weighted by atomic mass is 10.1. The van der Waals surface area contributed by atoms with Gasteiger partial charge >= 0.3 is 0 Å². The number of aromatic nitrogens is 3. The smallest absolute Gasteiger partial charge is 0.260 e. The number of nitrogens with zero attached hydrogens (tertiary/aromatic N) is 3. The first-order valence-corrected chi connectivity index (χ1v) is 6.87. The van der Waals surface area contributed by atoms with Crippen LogP contribution in [0.3, 0.4) is 0 Å². The topological polar surface area (TPSA) is 76.9 Å². The summed E-state index contributed by atoms with van der Waals surface area (Å²) >= 11 is 0. The van der Waals surface area contributed by atoms with Crippen molar-refractivity contribution in [3.8, 4) is 5.69 Å². The molecule has 22 heavy (non-hydrogen) atoms. The van der Waals surface area contributed by atoms with E-state index in [2.05, 4.69) is 15.4 Å². The van der Waals surface area contributed by atoms with Crippen molar-refractivity contribution in [2.24, 2.45) is 0 Å². The van der Waals surface area contributed by atoms with Crippen LogP contribution in [0.5, 0.6) is 0 Å². The zero-order valence-electron chi connectivity index (χ0n) is 12.0. The fourth-order valence-electron chi connectivity index (χ4n) is 2.76. The average molecular weight is 292 g/mol. The van der Waals surface area contributed by atoms with Crippen LogP contribution in [-0.2, 0) is 0 Å². The van der Waals surface area contributed by atoms with Crippen molar-refractivity contribution < 1.29 is 9.59 Å². The van der Waals surface area contributed by atoms with Crippen molar-refractivity contribution in [2.45, 2.75) is 13.8 Å². The van der Waals surface area contributed by atoms with Crippen LogP contribution in [0.15, 0.2) is 30.5 Å². The van der Waals surface area contributed by atoms with Gasteiger partial charge in [0.2, 0.25) is 0 Å². The standard InChI is InChI=1S/C16H12N4O2/c1-8-3-5-10(6-4-8)20-14-12(9(2)19-20)13-11(7-17-14)15(21)18-16(13)22/h3-7H,1-2H3,(H,18,21,22). The number of imide groups is 1. The van der Waals surface area contributed by atoms with E-state index in [1.54, 1.807) is 4.68 Å². The van der Waals surface area contributed by atoms with Crippen LogP contribution in [0.1, 0.15) is 32.0 Å². The van der Waals surface area contributed by atoms with Crippen LogP contribution in [0.2, 0.25) is 0 Å². The molecule has 0 saturated carbocycles. The van der Waals surface area contributed by atoms with Crippen LogP contribution >= 0.6 is 0 Å². The Morgan fingerprint density at radius 1 is 1.05 bits per heavy atom. The van der Waals surface area contributed by atoms with Gasteiger partial charge in [-0.05, 0) is 26.0 Å². The molecule has 2 amide bonds. The van der Waals surface area contributed by atoms with Gasteiger partial charge in [0.1, 0.15) is 0 Å². The largest absolute Gasteiger partial charge is 0.288 e. The molecule has 0 fully saturated rings. The number of rotatable bonds is 1. The minimum absolute atomic E-state index is 0.309. The van der Waals surface area contributed by atoms with Crippen molar-refractivity contribution >= 4 is 22.8 Å². The van der Waals surface area contributed by atoms with E-state index in [0.29, 0.717) is 27.9 Å². The molecule has 6 nitrogen and oxygen atoms in total. The Morgan fingerprint density at radius 2 is 1.77 bits per heavy atom. The molecule has 4 rings (SSSR count). The highest BCUT2D eigenvalue weighted by Gasteiger charge is 2.31. The lowest BCUT2D eigenvalue weighted by Gasteiger charge is -2.03. The van der Waals surface area contributed by atoms with Gasteiger partial charge in [-0.2, -0.15) is 5.10 Å². The van der Waals surface area contributed by atoms with E-state index in [1.807, 2.05) is 38.1 Å². The summed E-state index contributed by atoms with van der Waals surface area (Å²) < 4.78 is 1.69. The van der Waals surface area contributed by atoms with Gasteiger partial charge in [-0.3, -0.25) is 14.9 Å². The van der Waals surface area contributed by atoms with Gasteiger partial charge in [-0.15, -0.1) is 0 Å². The van der Waals surface area contributed by atoms with E-state index in [4.69, 9.17) is 0 Å². The maximum Gasteiger partial charge on any atom is 0.260 e. The summed E-state index contributed by atoms with van der Waals surface area (Å²) in [6, 6.07) is 7.87. The molecule has 0 unspecified atom stereocenters. The molecule has 3 aromatic rings. The van der Waals surface area contributed by atoms with Crippen molar-refractivity contribution in [2.75, 3.05) is 0 Å². The first-order chi connectivity index (χ1) is 10.6. The molecule has 6 heteroatoms. The van der Waals surface area contributed by atoms with Crippen molar-refractivity contribution in [3.05, 3.63) is 52.8 Å². The molecular formula is C16H12N4O2. The minimum Gasteiger partial charge on any atom is -0.288 e. The Labute approximate surface area is 125 Å². The molecule has 0 atom stereocenters. The molecule has 0 aliphatic carbocycles. The number of fused-ring (bicyclic) bond motifs is 3. The minimum atomic E-state index is -0.406. The van der Waals surface area contributed by atoms with Gasteiger partial charge in [-0.25, -0.2) is 9.67 Å². The Morgan fingerprint density at radius 3 is 2.50 bits per heavy atom. The molecule has 1 aliphatic rings. The summed E-state index contributed by atoms with van der Waals surface area (Å²) in [5, 5.41) is 7.42. The predicted molar refractivity (Wildman–Crippen MR) is 80.1 cm³/mol. The van der Waals surface area contributed by atoms with Gasteiger partial charge in [0.05, 0.1) is 27.9 Å². The normalized spacial score (nSPS) is 13.5. The Bertz CT molecular complexity index is 954. The average Bonchev–Trinajstić information content (AvgIpc) is 2.98. The number of hydrogen-bond acceptors (Lipinski definition) is 4. The maximum atomic E-state index is 12.0. The van der Waals surface area contributed by atoms with Crippen LogP contribution in [-0.4, -0.2) is 26.6 Å². The lowest BCUT2D eigenvalue weighted by Crippen LogP contribution is -2.20. The third-order valence-electron chi connectivity index (χ3n) is 3.85. The third kappa shape index (κ3) is 1.60. The highest BCUT2D eigenvalue weighted by atomic mass is 16.2. The zero-order chi connectivity index (χ0) is 15.4. The molecule has 2 aromatic heterocycles. The Hall–Kier alpha value is -3.02. The molecule has 0 spiro atoms. The van der Waals surface area contributed by atoms with Gasteiger partial charge in [0, 0.05) is 6.20 Å². The van der Waals surface area contributed by atoms with E-state index < -0.39 is 5.91 Å². The number of benzene rings is 1. The molecule has 1 aromatic carbocycles. The van der Waals surface area contributed by atoms with E-state index in [9.17, 15) is 9.59 Å². The molecule has 108 valence electrons. The second kappa shape index (κ2) is 4.24. The van der Waals surface area contributed by atoms with E-state index in [1.165, 1.54) is 6.20 Å². The molecular weight excluding hydrogens is 280 g/mol. The molecule has 3 heterocycles. The van der Waals surface area contributed by atoms with Gasteiger partial charge in [0.25, 0.3) is 11.8 Å². The number of carbonyl (C=O) groups is 2. The summed E-state index contributed by atoms with van der Waals surface area (Å²) in [5.41, 5.74) is 3.93. The number of carbonyl (C=O) groups excluding carboxylic acids is 2. The number of aryl methyl sites for hydroxylation is 2. The number of pyridine rings is 1. The van der Waals surface area contributed by atoms with E-state index in [-0.39, 0.29) is 5.91 Å². The van der Waals surface area contributed by atoms with Crippen molar-refractivity contribution in [1.29, 1.82) is 0 Å². The maximum absolute atomic E-state index is 12.0. The second-order valence-electron chi connectivity index (χ2n) is 5.36. The van der Waals surface area contributed by atoms with Crippen molar-refractivity contribution in [3.63, 3.8) is 0 Å². The SMILES string of the molecule is Cc1ccc(-n2nc(C)c3c4c(cnc32)C(=O)NC4=O)cc1. The Kier molecular flexibility index (Phi) is 2.45. The molecule has 0 radical (unpaired) electrons. The van der Waals surface area contributed by atoms with Crippen LogP contribution in [0.4, 0.5) is 0 Å². The molecule has 0 bridgehead atoms. The van der Waals surface area contributed by atoms with Gasteiger partial charge < -0.3 is 0 Å². The lowest BCUT2D eigenvalue weighted by molar-refractivity contribution is 0.0880. The molecule has 0 saturated heterocycles. The number of nitrogens with one attached hydrogen (secondary N) is 1. The Balaban J connectivity index is 2.05. The highest BCUT2D eigenvalue weighted by molar-refractivity contribution is 6.26.